The molecule has 2 heterocycles. The quantitative estimate of drug-likeness (QED) is 0.699. The maximum atomic E-state index is 11.9. The molecule has 5 heteroatoms. The first-order valence-corrected chi connectivity index (χ1v) is 7.94. The summed E-state index contributed by atoms with van der Waals surface area (Å²) in [5.41, 5.74) is 9.20. The molecule has 0 atom stereocenters. The summed E-state index contributed by atoms with van der Waals surface area (Å²) in [6, 6.07) is 7.76. The van der Waals surface area contributed by atoms with Crippen LogP contribution in [0.1, 0.15) is 27.7 Å². The number of esters is 1. The molecule has 1 aromatic carbocycles. The fourth-order valence-corrected chi connectivity index (χ4v) is 3.49. The van der Waals surface area contributed by atoms with Crippen LogP contribution in [0.3, 0.4) is 0 Å². The minimum Gasteiger partial charge on any atom is -0.462 e. The van der Waals surface area contributed by atoms with E-state index in [4.69, 9.17) is 10.5 Å². The van der Waals surface area contributed by atoms with Crippen molar-refractivity contribution in [1.29, 1.82) is 0 Å². The zero-order valence-corrected chi connectivity index (χ0v) is 12.8. The first-order chi connectivity index (χ1) is 10.2. The summed E-state index contributed by atoms with van der Waals surface area (Å²) in [7, 11) is 0. The number of nitrogens with two attached hydrogens (primary N) is 1. The number of ether oxygens (including phenoxy) is 1. The molecule has 4 nitrogen and oxygen atoms in total. The van der Waals surface area contributed by atoms with Gasteiger partial charge >= 0.3 is 5.97 Å². The number of thiophene rings is 1. The Labute approximate surface area is 128 Å². The Morgan fingerprint density at radius 3 is 3.10 bits per heavy atom. The van der Waals surface area contributed by atoms with Gasteiger partial charge in [-0.3, -0.25) is 0 Å². The van der Waals surface area contributed by atoms with Crippen LogP contribution in [-0.2, 0) is 17.7 Å². The van der Waals surface area contributed by atoms with Gasteiger partial charge in [-0.2, -0.15) is 0 Å². The molecule has 0 radical (unpaired) electrons. The van der Waals surface area contributed by atoms with Crippen LogP contribution in [0.2, 0.25) is 0 Å². The topological polar surface area (TPSA) is 55.6 Å². The fourth-order valence-electron chi connectivity index (χ4n) is 2.60. The maximum Gasteiger partial charge on any atom is 0.340 e. The van der Waals surface area contributed by atoms with Gasteiger partial charge in [0.15, 0.2) is 0 Å². The molecule has 0 saturated heterocycles. The van der Waals surface area contributed by atoms with Crippen LogP contribution < -0.4 is 10.6 Å². The Kier molecular flexibility index (Phi) is 3.84. The highest BCUT2D eigenvalue weighted by atomic mass is 32.1. The van der Waals surface area contributed by atoms with Gasteiger partial charge in [-0.1, -0.05) is 0 Å². The van der Waals surface area contributed by atoms with Crippen molar-refractivity contribution in [2.75, 3.05) is 23.8 Å². The summed E-state index contributed by atoms with van der Waals surface area (Å²) in [6.07, 6.45) is 1.05. The zero-order chi connectivity index (χ0) is 14.8. The Morgan fingerprint density at radius 1 is 1.43 bits per heavy atom. The van der Waals surface area contributed by atoms with E-state index in [2.05, 4.69) is 16.3 Å². The van der Waals surface area contributed by atoms with Crippen LogP contribution in [0.4, 0.5) is 11.4 Å². The Morgan fingerprint density at radius 2 is 2.29 bits per heavy atom. The van der Waals surface area contributed by atoms with Crippen LogP contribution >= 0.6 is 11.3 Å². The van der Waals surface area contributed by atoms with Crippen LogP contribution in [0, 0.1) is 0 Å². The van der Waals surface area contributed by atoms with Gasteiger partial charge in [0.25, 0.3) is 0 Å². The summed E-state index contributed by atoms with van der Waals surface area (Å²) < 4.78 is 5.06. The number of nitrogens with zero attached hydrogens (tertiary/aromatic N) is 1. The van der Waals surface area contributed by atoms with Gasteiger partial charge in [-0.25, -0.2) is 4.79 Å². The number of carbonyl (C=O) groups is 1. The highest BCUT2D eigenvalue weighted by Gasteiger charge is 2.19. The molecule has 0 unspecified atom stereocenters. The number of rotatable bonds is 3. The van der Waals surface area contributed by atoms with Gasteiger partial charge in [-0.15, -0.1) is 11.3 Å². The average Bonchev–Trinajstić information content (AvgIpc) is 2.95. The van der Waals surface area contributed by atoms with Crippen LogP contribution in [-0.4, -0.2) is 19.1 Å². The fraction of sp³-hybridized carbons (Fsp3) is 0.312. The van der Waals surface area contributed by atoms with Crippen LogP contribution in [0.5, 0.6) is 0 Å². The third kappa shape index (κ3) is 2.74. The van der Waals surface area contributed by atoms with Gasteiger partial charge in [0.2, 0.25) is 0 Å². The number of carbonyl (C=O) groups excluding carboxylic acids is 1. The van der Waals surface area contributed by atoms with Gasteiger partial charge in [0.05, 0.1) is 12.2 Å². The van der Waals surface area contributed by atoms with Crippen LogP contribution in [0.25, 0.3) is 0 Å². The number of hydrogen-bond donors (Lipinski definition) is 1. The zero-order valence-electron chi connectivity index (χ0n) is 12.0. The smallest absolute Gasteiger partial charge is 0.340 e. The molecular formula is C16H18N2O2S. The third-order valence-corrected chi connectivity index (χ3v) is 4.73. The van der Waals surface area contributed by atoms with E-state index in [9.17, 15) is 4.79 Å². The molecule has 1 aromatic heterocycles. The molecule has 110 valence electrons. The van der Waals surface area contributed by atoms with Crippen molar-refractivity contribution in [2.24, 2.45) is 0 Å². The van der Waals surface area contributed by atoms with Crippen molar-refractivity contribution in [1.82, 2.24) is 0 Å². The molecule has 1 aliphatic heterocycles. The maximum absolute atomic E-state index is 11.9. The Bertz CT molecular complexity index is 666. The Balaban J connectivity index is 1.86. The van der Waals surface area contributed by atoms with E-state index >= 15 is 0 Å². The monoisotopic (exact) mass is 302 g/mol. The van der Waals surface area contributed by atoms with E-state index < -0.39 is 0 Å². The molecule has 1 aliphatic rings. The lowest BCUT2D eigenvalue weighted by Gasteiger charge is -2.29. The standard InChI is InChI=1S/C16H18N2O2S/c1-2-20-16(19)13-9-12(3-4-14(13)17)18-7-5-15-11(10-18)6-8-21-15/h3-4,6,8-9H,2,5,7,10,17H2,1H3. The summed E-state index contributed by atoms with van der Waals surface area (Å²) in [4.78, 5) is 15.7. The van der Waals surface area contributed by atoms with E-state index in [-0.39, 0.29) is 5.97 Å². The number of anilines is 2. The molecule has 21 heavy (non-hydrogen) atoms. The summed E-state index contributed by atoms with van der Waals surface area (Å²) in [5, 5.41) is 2.14. The normalized spacial score (nSPS) is 13.9. The SMILES string of the molecule is CCOC(=O)c1cc(N2CCc3sccc3C2)ccc1N. The Hall–Kier alpha value is -2.01. The van der Waals surface area contributed by atoms with Gasteiger partial charge < -0.3 is 15.4 Å². The van der Waals surface area contributed by atoms with Crippen molar-refractivity contribution in [2.45, 2.75) is 19.9 Å². The molecule has 0 bridgehead atoms. The average molecular weight is 302 g/mol. The second-order valence-electron chi connectivity index (χ2n) is 5.03. The first-order valence-electron chi connectivity index (χ1n) is 7.06. The molecule has 3 rings (SSSR count). The van der Waals surface area contributed by atoms with E-state index in [0.717, 1.165) is 25.2 Å². The van der Waals surface area contributed by atoms with Crippen molar-refractivity contribution in [3.8, 4) is 0 Å². The second kappa shape index (κ2) is 5.77. The molecule has 0 aliphatic carbocycles. The van der Waals surface area contributed by atoms with E-state index in [1.54, 1.807) is 13.0 Å². The van der Waals surface area contributed by atoms with Gasteiger partial charge in [-0.05, 0) is 48.6 Å². The minimum absolute atomic E-state index is 0.352. The number of fused-ring (bicyclic) bond motifs is 1. The number of benzene rings is 1. The molecular weight excluding hydrogens is 284 g/mol. The summed E-state index contributed by atoms with van der Waals surface area (Å²) in [6.45, 7) is 3.98. The lowest BCUT2D eigenvalue weighted by atomic mass is 10.1. The van der Waals surface area contributed by atoms with Gasteiger partial charge in [0, 0.05) is 29.3 Å². The van der Waals surface area contributed by atoms with E-state index in [1.165, 1.54) is 10.4 Å². The predicted molar refractivity (Wildman–Crippen MR) is 85.9 cm³/mol. The van der Waals surface area contributed by atoms with Crippen molar-refractivity contribution in [3.05, 3.63) is 45.6 Å². The highest BCUT2D eigenvalue weighted by molar-refractivity contribution is 7.10. The molecule has 0 amide bonds. The van der Waals surface area contributed by atoms with Crippen molar-refractivity contribution < 1.29 is 9.53 Å². The largest absolute Gasteiger partial charge is 0.462 e. The predicted octanol–water partition coefficient (Wildman–Crippen LogP) is 3.07. The van der Waals surface area contributed by atoms with Crippen molar-refractivity contribution in [3.63, 3.8) is 0 Å². The minimum atomic E-state index is -0.356. The first kappa shape index (κ1) is 13.9. The lowest BCUT2D eigenvalue weighted by Crippen LogP contribution is -2.29. The number of nitrogen functional groups attached to an aromatic ring is 1. The summed E-state index contributed by atoms with van der Waals surface area (Å²) >= 11 is 1.82. The molecule has 2 N–H and O–H groups in total. The molecule has 2 aromatic rings. The molecule has 0 spiro atoms. The molecule has 0 fully saturated rings. The van der Waals surface area contributed by atoms with Gasteiger partial charge in [0.1, 0.15) is 0 Å². The number of hydrogen-bond acceptors (Lipinski definition) is 5. The highest BCUT2D eigenvalue weighted by Crippen LogP contribution is 2.29. The van der Waals surface area contributed by atoms with E-state index in [1.807, 2.05) is 23.5 Å². The third-order valence-electron chi connectivity index (χ3n) is 3.71. The molecule has 0 saturated carbocycles. The lowest BCUT2D eigenvalue weighted by molar-refractivity contribution is 0.0527. The second-order valence-corrected chi connectivity index (χ2v) is 6.03. The summed E-state index contributed by atoms with van der Waals surface area (Å²) in [5.74, 6) is -0.356. The van der Waals surface area contributed by atoms with E-state index in [0.29, 0.717) is 17.9 Å². The van der Waals surface area contributed by atoms with Crippen LogP contribution in [0.15, 0.2) is 29.6 Å². The van der Waals surface area contributed by atoms with Crippen molar-refractivity contribution >= 4 is 28.7 Å².